The minimum Gasteiger partial charge on any atom is -0.497 e. The zero-order valence-electron chi connectivity index (χ0n) is 23.6. The van der Waals surface area contributed by atoms with Crippen molar-refractivity contribution in [2.75, 3.05) is 25.5 Å². The molecule has 0 unspecified atom stereocenters. The molecular formula is C30H41FN2O5. The highest BCUT2D eigenvalue weighted by Gasteiger charge is 2.39. The van der Waals surface area contributed by atoms with Crippen LogP contribution in [0.2, 0.25) is 0 Å². The van der Waals surface area contributed by atoms with Crippen molar-refractivity contribution in [2.45, 2.75) is 72.1 Å². The highest BCUT2D eigenvalue weighted by Crippen LogP contribution is 2.31. The molecule has 38 heavy (non-hydrogen) atoms. The molecule has 1 saturated heterocycles. The Balaban J connectivity index is 1.73. The number of hydrogen-bond acceptors (Lipinski definition) is 6. The van der Waals surface area contributed by atoms with Gasteiger partial charge in [0.25, 0.3) is 0 Å². The average molecular weight is 529 g/mol. The van der Waals surface area contributed by atoms with Crippen molar-refractivity contribution in [1.29, 1.82) is 0 Å². The smallest absolute Gasteiger partial charge is 0.410 e. The molecule has 1 aliphatic rings. The van der Waals surface area contributed by atoms with Crippen LogP contribution in [0.1, 0.15) is 59.1 Å². The predicted octanol–water partition coefficient (Wildman–Crippen LogP) is 6.20. The summed E-state index contributed by atoms with van der Waals surface area (Å²) in [5.41, 5.74) is 1.41. The number of nitrogens with one attached hydrogen (secondary N) is 1. The van der Waals surface area contributed by atoms with Crippen molar-refractivity contribution in [2.24, 2.45) is 11.8 Å². The number of esters is 1. The van der Waals surface area contributed by atoms with Crippen LogP contribution in [0.4, 0.5) is 14.9 Å². The zero-order valence-corrected chi connectivity index (χ0v) is 23.6. The topological polar surface area (TPSA) is 77.1 Å². The summed E-state index contributed by atoms with van der Waals surface area (Å²) < 4.78 is 30.3. The van der Waals surface area contributed by atoms with Crippen molar-refractivity contribution in [3.8, 4) is 5.75 Å². The maximum atomic E-state index is 13.9. The Hall–Kier alpha value is -3.29. The number of carbonyl (C=O) groups is 2. The molecule has 2 atom stereocenters. The number of rotatable bonds is 8. The van der Waals surface area contributed by atoms with Crippen LogP contribution in [-0.4, -0.2) is 48.4 Å². The van der Waals surface area contributed by atoms with E-state index in [-0.39, 0.29) is 23.8 Å². The Labute approximate surface area is 225 Å². The molecule has 0 saturated carbocycles. The first-order chi connectivity index (χ1) is 17.7. The summed E-state index contributed by atoms with van der Waals surface area (Å²) >= 11 is 0. The summed E-state index contributed by atoms with van der Waals surface area (Å²) in [5.74, 6) is -0.642. The third-order valence-electron chi connectivity index (χ3n) is 6.21. The van der Waals surface area contributed by atoms with E-state index in [0.29, 0.717) is 43.9 Å². The second-order valence-corrected chi connectivity index (χ2v) is 11.9. The first kappa shape index (κ1) is 29.3. The first-order valence-electron chi connectivity index (χ1n) is 13.1. The van der Waals surface area contributed by atoms with Crippen LogP contribution in [0.25, 0.3) is 0 Å². The monoisotopic (exact) mass is 528 g/mol. The average Bonchev–Trinajstić information content (AvgIpc) is 3.29. The molecule has 2 aromatic carbocycles. The van der Waals surface area contributed by atoms with Crippen LogP contribution in [-0.2, 0) is 27.2 Å². The first-order valence-corrected chi connectivity index (χ1v) is 13.1. The minimum atomic E-state index is -0.615. The second kappa shape index (κ2) is 12.0. The summed E-state index contributed by atoms with van der Waals surface area (Å²) in [4.78, 5) is 27.6. The van der Waals surface area contributed by atoms with Crippen molar-refractivity contribution >= 4 is 17.7 Å². The Morgan fingerprint density at radius 2 is 1.71 bits per heavy atom. The number of methoxy groups -OCH3 is 1. The number of amides is 1. The Morgan fingerprint density at radius 1 is 1.03 bits per heavy atom. The number of halogens is 1. The maximum absolute atomic E-state index is 13.9. The molecule has 0 radical (unpaired) electrons. The van der Waals surface area contributed by atoms with Crippen molar-refractivity contribution in [1.82, 2.24) is 4.90 Å². The highest BCUT2D eigenvalue weighted by atomic mass is 19.1. The molecule has 1 N–H and O–H groups in total. The van der Waals surface area contributed by atoms with Crippen LogP contribution in [0.15, 0.2) is 42.5 Å². The van der Waals surface area contributed by atoms with E-state index in [0.717, 1.165) is 11.1 Å². The largest absolute Gasteiger partial charge is 0.497 e. The molecule has 208 valence electrons. The number of ether oxygens (including phenoxy) is 3. The fraction of sp³-hybridized carbons (Fsp3) is 0.533. The number of carbonyl (C=O) groups excluding carboxylic acids is 2. The summed E-state index contributed by atoms with van der Waals surface area (Å²) in [6.45, 7) is 12.6. The van der Waals surface area contributed by atoms with Gasteiger partial charge in [-0.05, 0) is 77.5 Å². The van der Waals surface area contributed by atoms with E-state index >= 15 is 0 Å². The molecule has 1 heterocycles. The standard InChI is InChI=1S/C30H41FN2O5/c1-29(2,3)37-27(34)26(22-11-12-33(19-22)28(35)38-30(4,5)6)14-20-9-8-10-21(13-20)18-32-24-15-23(31)16-25(17-24)36-7/h8-10,13,15-17,22,26,32H,11-12,14,18-19H2,1-7H3/t22-,26-/m0/s1. The summed E-state index contributed by atoms with van der Waals surface area (Å²) in [6.07, 6.45) is 0.833. The van der Waals surface area contributed by atoms with Gasteiger partial charge in [-0.15, -0.1) is 0 Å². The van der Waals surface area contributed by atoms with E-state index in [4.69, 9.17) is 14.2 Å². The second-order valence-electron chi connectivity index (χ2n) is 11.9. The van der Waals surface area contributed by atoms with E-state index in [1.54, 1.807) is 11.0 Å². The molecule has 1 aliphatic heterocycles. The van der Waals surface area contributed by atoms with Gasteiger partial charge >= 0.3 is 12.1 Å². The number of anilines is 1. The van der Waals surface area contributed by atoms with Gasteiger partial charge < -0.3 is 24.4 Å². The van der Waals surface area contributed by atoms with Gasteiger partial charge in [0.15, 0.2) is 0 Å². The molecule has 8 heteroatoms. The predicted molar refractivity (Wildman–Crippen MR) is 146 cm³/mol. The zero-order chi connectivity index (χ0) is 28.1. The van der Waals surface area contributed by atoms with E-state index < -0.39 is 17.1 Å². The number of hydrogen-bond donors (Lipinski definition) is 1. The Morgan fingerprint density at radius 3 is 2.37 bits per heavy atom. The van der Waals surface area contributed by atoms with Gasteiger partial charge in [-0.25, -0.2) is 9.18 Å². The fourth-order valence-electron chi connectivity index (χ4n) is 4.54. The SMILES string of the molecule is COc1cc(F)cc(NCc2cccc(C[C@H](C(=O)OC(C)(C)C)[C@H]3CCN(C(=O)OC(C)(C)C)C3)c2)c1. The van der Waals surface area contributed by atoms with Gasteiger partial charge in [-0.1, -0.05) is 24.3 Å². The Kier molecular flexibility index (Phi) is 9.28. The molecule has 2 aromatic rings. The molecule has 7 nitrogen and oxygen atoms in total. The lowest BCUT2D eigenvalue weighted by Crippen LogP contribution is -2.38. The lowest BCUT2D eigenvalue weighted by molar-refractivity contribution is -0.161. The lowest BCUT2D eigenvalue weighted by Gasteiger charge is -2.28. The normalized spacial score (nSPS) is 16.6. The van der Waals surface area contributed by atoms with Gasteiger partial charge in [-0.3, -0.25) is 4.79 Å². The van der Waals surface area contributed by atoms with Crippen LogP contribution in [0, 0.1) is 17.7 Å². The van der Waals surface area contributed by atoms with Crippen LogP contribution in [0.3, 0.4) is 0 Å². The molecule has 0 spiro atoms. The molecule has 3 rings (SSSR count). The quantitative estimate of drug-likeness (QED) is 0.411. The highest BCUT2D eigenvalue weighted by molar-refractivity contribution is 5.74. The maximum Gasteiger partial charge on any atom is 0.410 e. The molecule has 1 amide bonds. The lowest BCUT2D eigenvalue weighted by atomic mass is 9.85. The van der Waals surface area contributed by atoms with E-state index in [9.17, 15) is 14.0 Å². The molecule has 1 fully saturated rings. The van der Waals surface area contributed by atoms with E-state index in [1.165, 1.54) is 19.2 Å². The van der Waals surface area contributed by atoms with Crippen molar-refractivity contribution in [3.05, 3.63) is 59.4 Å². The van der Waals surface area contributed by atoms with Crippen LogP contribution in [0.5, 0.6) is 5.75 Å². The van der Waals surface area contributed by atoms with Gasteiger partial charge in [0, 0.05) is 37.5 Å². The molecule has 0 bridgehead atoms. The third-order valence-corrected chi connectivity index (χ3v) is 6.21. The third kappa shape index (κ3) is 8.92. The van der Waals surface area contributed by atoms with Crippen LogP contribution >= 0.6 is 0 Å². The summed E-state index contributed by atoms with van der Waals surface area (Å²) in [5, 5.41) is 3.23. The van der Waals surface area contributed by atoms with Gasteiger partial charge in [0.2, 0.25) is 0 Å². The van der Waals surface area contributed by atoms with E-state index in [1.807, 2.05) is 65.8 Å². The number of likely N-dealkylation sites (tertiary alicyclic amines) is 1. The molecule has 0 aliphatic carbocycles. The van der Waals surface area contributed by atoms with Crippen molar-refractivity contribution < 1.29 is 28.2 Å². The van der Waals surface area contributed by atoms with Gasteiger partial charge in [-0.2, -0.15) is 0 Å². The van der Waals surface area contributed by atoms with Crippen molar-refractivity contribution in [3.63, 3.8) is 0 Å². The molecular weight excluding hydrogens is 487 g/mol. The minimum absolute atomic E-state index is 0.0427. The summed E-state index contributed by atoms with van der Waals surface area (Å²) in [7, 11) is 1.50. The fourth-order valence-corrected chi connectivity index (χ4v) is 4.54. The van der Waals surface area contributed by atoms with Gasteiger partial charge in [0.05, 0.1) is 13.0 Å². The summed E-state index contributed by atoms with van der Waals surface area (Å²) in [6, 6.07) is 12.5. The number of nitrogens with zero attached hydrogens (tertiary/aromatic N) is 1. The number of benzene rings is 2. The Bertz CT molecular complexity index is 1120. The molecule has 0 aromatic heterocycles. The van der Waals surface area contributed by atoms with Gasteiger partial charge in [0.1, 0.15) is 22.8 Å². The van der Waals surface area contributed by atoms with Crippen LogP contribution < -0.4 is 10.1 Å². The van der Waals surface area contributed by atoms with E-state index in [2.05, 4.69) is 5.32 Å².